The molecule has 7 rings (SSSR count). The van der Waals surface area contributed by atoms with Gasteiger partial charge in [-0.3, -0.25) is 19.4 Å². The van der Waals surface area contributed by atoms with Crippen molar-refractivity contribution in [1.82, 2.24) is 4.98 Å². The zero-order valence-corrected chi connectivity index (χ0v) is 19.9. The second-order valence-electron chi connectivity index (χ2n) is 9.39. The van der Waals surface area contributed by atoms with Gasteiger partial charge in [-0.15, -0.1) is 11.3 Å². The average molecular weight is 489 g/mol. The third-order valence-corrected chi connectivity index (χ3v) is 8.67. The molecule has 36 heavy (non-hydrogen) atoms. The summed E-state index contributed by atoms with van der Waals surface area (Å²) < 4.78 is 0. The van der Waals surface area contributed by atoms with Crippen LogP contribution in [-0.4, -0.2) is 34.4 Å². The van der Waals surface area contributed by atoms with E-state index in [-0.39, 0.29) is 17.3 Å². The molecule has 0 unspecified atom stereocenters. The predicted octanol–water partition coefficient (Wildman–Crippen LogP) is 5.46. The molecule has 5 nitrogen and oxygen atoms in total. The number of anilines is 1. The zero-order valence-electron chi connectivity index (χ0n) is 19.1. The molecule has 0 radical (unpaired) electrons. The van der Waals surface area contributed by atoms with Crippen molar-refractivity contribution < 1.29 is 14.4 Å². The fourth-order valence-electron chi connectivity index (χ4n) is 6.41. The molecule has 1 saturated heterocycles. The molecular weight excluding hydrogens is 468 g/mol. The van der Waals surface area contributed by atoms with Gasteiger partial charge in [-0.25, -0.2) is 0 Å². The number of hydrogen-bond acceptors (Lipinski definition) is 6. The lowest BCUT2D eigenvalue weighted by Crippen LogP contribution is -2.48. The molecule has 174 valence electrons. The summed E-state index contributed by atoms with van der Waals surface area (Å²) in [5.41, 5.74) is 1.88. The lowest BCUT2D eigenvalue weighted by Gasteiger charge is -2.37. The Morgan fingerprint density at radius 3 is 2.33 bits per heavy atom. The van der Waals surface area contributed by atoms with Crippen molar-refractivity contribution >= 4 is 40.4 Å². The third-order valence-electron chi connectivity index (χ3n) is 7.79. The minimum atomic E-state index is -1.48. The van der Waals surface area contributed by atoms with Crippen LogP contribution >= 0.6 is 11.3 Å². The summed E-state index contributed by atoms with van der Waals surface area (Å²) in [7, 11) is 0. The molecule has 1 spiro atoms. The van der Waals surface area contributed by atoms with Crippen LogP contribution in [0.2, 0.25) is 0 Å². The second kappa shape index (κ2) is 7.67. The van der Waals surface area contributed by atoms with Crippen LogP contribution in [0.15, 0.2) is 96.6 Å². The molecule has 1 fully saturated rings. The maximum atomic E-state index is 14.4. The summed E-state index contributed by atoms with van der Waals surface area (Å²) in [6.45, 7) is 0. The Balaban J connectivity index is 1.56. The SMILES string of the molecule is O=C(c1cccs1)[C@@H]1[C@H](c2cccnc2)C2(C(=O)c3ccccc3C2=O)[C@@H]2C=Cc3ccccc3N12. The third kappa shape index (κ3) is 2.59. The number of benzene rings is 2. The Bertz CT molecular complexity index is 1540. The van der Waals surface area contributed by atoms with E-state index in [1.807, 2.05) is 64.9 Å². The van der Waals surface area contributed by atoms with Crippen molar-refractivity contribution in [3.05, 3.63) is 124 Å². The van der Waals surface area contributed by atoms with Crippen LogP contribution in [0, 0.1) is 5.41 Å². The van der Waals surface area contributed by atoms with E-state index in [0.717, 1.165) is 11.3 Å². The quantitative estimate of drug-likeness (QED) is 0.283. The van der Waals surface area contributed by atoms with Crippen LogP contribution in [0.3, 0.4) is 0 Å². The normalized spacial score (nSPS) is 23.0. The summed E-state index contributed by atoms with van der Waals surface area (Å²) in [6.07, 6.45) is 7.27. The number of ketones is 3. The standard InChI is InChI=1S/C30H20N2O3S/c33-27(23-12-6-16-36-23)26-25(19-8-5-15-31-17-19)30(28(34)20-9-2-3-10-21(20)29(30)35)24-14-13-18-7-1-4-11-22(18)32(24)26/h1-17,24-26H/t24-,25-,26-/m0/s1. The van der Waals surface area contributed by atoms with Gasteiger partial charge in [0.15, 0.2) is 17.3 Å². The van der Waals surface area contributed by atoms with Gasteiger partial charge in [0, 0.05) is 35.1 Å². The maximum absolute atomic E-state index is 14.4. The van der Waals surface area contributed by atoms with E-state index >= 15 is 0 Å². The molecular formula is C30H20N2O3S. The Kier molecular flexibility index (Phi) is 4.51. The molecule has 0 amide bonds. The van der Waals surface area contributed by atoms with Gasteiger partial charge in [0.2, 0.25) is 0 Å². The molecule has 0 N–H and O–H groups in total. The van der Waals surface area contributed by atoms with E-state index in [0.29, 0.717) is 21.6 Å². The highest BCUT2D eigenvalue weighted by Crippen LogP contribution is 2.60. The Morgan fingerprint density at radius 2 is 1.64 bits per heavy atom. The van der Waals surface area contributed by atoms with Gasteiger partial charge >= 0.3 is 0 Å². The summed E-state index contributed by atoms with van der Waals surface area (Å²) in [6, 6.07) is 20.8. The van der Waals surface area contributed by atoms with Gasteiger partial charge in [0.25, 0.3) is 0 Å². The predicted molar refractivity (Wildman–Crippen MR) is 139 cm³/mol. The topological polar surface area (TPSA) is 67.3 Å². The number of aromatic nitrogens is 1. The van der Waals surface area contributed by atoms with Crippen molar-refractivity contribution in [3.8, 4) is 0 Å². The van der Waals surface area contributed by atoms with E-state index in [9.17, 15) is 14.4 Å². The molecule has 6 heteroatoms. The highest BCUT2D eigenvalue weighted by molar-refractivity contribution is 7.12. The summed E-state index contributed by atoms with van der Waals surface area (Å²) in [5.74, 6) is -1.26. The van der Waals surface area contributed by atoms with Crippen LogP contribution in [-0.2, 0) is 0 Å². The summed E-state index contributed by atoms with van der Waals surface area (Å²) in [4.78, 5) is 50.1. The number of Topliss-reactive ketones (excluding diaryl/α,β-unsaturated/α-hetero) is 3. The van der Waals surface area contributed by atoms with E-state index in [2.05, 4.69) is 4.98 Å². The molecule has 4 heterocycles. The minimum Gasteiger partial charge on any atom is -0.352 e. The summed E-state index contributed by atoms with van der Waals surface area (Å²) in [5, 5.41) is 1.88. The van der Waals surface area contributed by atoms with Gasteiger partial charge < -0.3 is 4.90 Å². The molecule has 0 saturated carbocycles. The number of nitrogens with zero attached hydrogens (tertiary/aromatic N) is 2. The van der Waals surface area contributed by atoms with Crippen LogP contribution in [0.1, 0.15) is 47.4 Å². The Hall–Kier alpha value is -4.16. The molecule has 4 aromatic rings. The number of rotatable bonds is 3. The van der Waals surface area contributed by atoms with Gasteiger partial charge in [0.05, 0.1) is 10.9 Å². The largest absolute Gasteiger partial charge is 0.352 e. The fraction of sp³-hybridized carbons (Fsp3) is 0.133. The van der Waals surface area contributed by atoms with E-state index < -0.39 is 23.4 Å². The molecule has 2 aromatic heterocycles. The fourth-order valence-corrected chi connectivity index (χ4v) is 7.11. The number of pyridine rings is 1. The van der Waals surface area contributed by atoms with Gasteiger partial charge in [-0.1, -0.05) is 66.7 Å². The molecule has 3 atom stereocenters. The zero-order chi connectivity index (χ0) is 24.4. The van der Waals surface area contributed by atoms with E-state index in [1.54, 1.807) is 42.7 Å². The lowest BCUT2D eigenvalue weighted by molar-refractivity contribution is 0.0666. The van der Waals surface area contributed by atoms with Gasteiger partial charge in [-0.05, 0) is 34.7 Å². The molecule has 2 aliphatic heterocycles. The smallest absolute Gasteiger partial charge is 0.195 e. The first-order valence-electron chi connectivity index (χ1n) is 11.9. The average Bonchev–Trinajstić information content (AvgIpc) is 3.63. The van der Waals surface area contributed by atoms with Gasteiger partial charge in [0.1, 0.15) is 11.5 Å². The minimum absolute atomic E-state index is 0.0950. The molecule has 1 aliphatic carbocycles. The Labute approximate surface area is 211 Å². The molecule has 0 bridgehead atoms. The highest BCUT2D eigenvalue weighted by Gasteiger charge is 2.71. The number of para-hydroxylation sites is 1. The monoisotopic (exact) mass is 488 g/mol. The number of hydrogen-bond donors (Lipinski definition) is 0. The van der Waals surface area contributed by atoms with Crippen molar-refractivity contribution in [3.63, 3.8) is 0 Å². The van der Waals surface area contributed by atoms with Crippen LogP contribution in [0.5, 0.6) is 0 Å². The van der Waals surface area contributed by atoms with Crippen LogP contribution < -0.4 is 4.90 Å². The van der Waals surface area contributed by atoms with Crippen LogP contribution in [0.4, 0.5) is 5.69 Å². The van der Waals surface area contributed by atoms with Crippen molar-refractivity contribution in [2.75, 3.05) is 4.90 Å². The second-order valence-corrected chi connectivity index (χ2v) is 10.3. The lowest BCUT2D eigenvalue weighted by atomic mass is 9.64. The summed E-state index contributed by atoms with van der Waals surface area (Å²) >= 11 is 1.38. The maximum Gasteiger partial charge on any atom is 0.195 e. The first-order valence-corrected chi connectivity index (χ1v) is 12.7. The Morgan fingerprint density at radius 1 is 0.889 bits per heavy atom. The van der Waals surface area contributed by atoms with Crippen molar-refractivity contribution in [1.29, 1.82) is 0 Å². The first kappa shape index (κ1) is 21.1. The number of carbonyl (C=O) groups is 3. The van der Waals surface area contributed by atoms with Crippen LogP contribution in [0.25, 0.3) is 6.08 Å². The number of thiophene rings is 1. The first-order chi connectivity index (χ1) is 17.6. The van der Waals surface area contributed by atoms with E-state index in [4.69, 9.17) is 0 Å². The van der Waals surface area contributed by atoms with Gasteiger partial charge in [-0.2, -0.15) is 0 Å². The van der Waals surface area contributed by atoms with Crippen molar-refractivity contribution in [2.45, 2.75) is 18.0 Å². The number of fused-ring (bicyclic) bond motifs is 5. The van der Waals surface area contributed by atoms with E-state index in [1.165, 1.54) is 11.3 Å². The molecule has 2 aromatic carbocycles. The molecule has 3 aliphatic rings. The highest BCUT2D eigenvalue weighted by atomic mass is 32.1. The van der Waals surface area contributed by atoms with Crippen molar-refractivity contribution in [2.24, 2.45) is 5.41 Å². The number of carbonyl (C=O) groups excluding carboxylic acids is 3.